The summed E-state index contributed by atoms with van der Waals surface area (Å²) in [6, 6.07) is 6.14. The molecule has 0 radical (unpaired) electrons. The summed E-state index contributed by atoms with van der Waals surface area (Å²) >= 11 is 0. The van der Waals surface area contributed by atoms with Crippen LogP contribution in [-0.2, 0) is 11.2 Å². The lowest BCUT2D eigenvalue weighted by Crippen LogP contribution is -2.35. The van der Waals surface area contributed by atoms with Crippen LogP contribution in [0.25, 0.3) is 0 Å². The van der Waals surface area contributed by atoms with E-state index in [1.54, 1.807) is 0 Å². The van der Waals surface area contributed by atoms with Crippen LogP contribution in [0, 0.1) is 0 Å². The van der Waals surface area contributed by atoms with Crippen LogP contribution in [0.4, 0.5) is 5.69 Å². The van der Waals surface area contributed by atoms with E-state index in [4.69, 9.17) is 4.74 Å². The monoisotopic (exact) mass is 262 g/mol. The lowest BCUT2D eigenvalue weighted by Gasteiger charge is -2.21. The molecule has 1 atom stereocenters. The minimum atomic E-state index is -0.0595. The van der Waals surface area contributed by atoms with Crippen LogP contribution in [0.2, 0.25) is 0 Å². The minimum Gasteiger partial charge on any atom is -0.483 e. The molecule has 2 rings (SSSR count). The van der Waals surface area contributed by atoms with Crippen LogP contribution in [0.1, 0.15) is 32.3 Å². The first kappa shape index (κ1) is 13.7. The summed E-state index contributed by atoms with van der Waals surface area (Å²) in [4.78, 5) is 11.7. The van der Waals surface area contributed by atoms with Crippen molar-refractivity contribution in [1.82, 2.24) is 5.32 Å². The Morgan fingerprint density at radius 3 is 3.16 bits per heavy atom. The highest BCUT2D eigenvalue weighted by atomic mass is 16.5. The summed E-state index contributed by atoms with van der Waals surface area (Å²) in [6.07, 6.45) is 3.04. The Kier molecular flexibility index (Phi) is 4.66. The molecule has 0 aromatic heterocycles. The van der Waals surface area contributed by atoms with Crippen LogP contribution >= 0.6 is 0 Å². The molecule has 1 unspecified atom stereocenters. The van der Waals surface area contributed by atoms with E-state index in [1.807, 2.05) is 26.0 Å². The molecular formula is C15H22N2O2. The average molecular weight is 262 g/mol. The summed E-state index contributed by atoms with van der Waals surface area (Å²) < 4.78 is 5.66. The van der Waals surface area contributed by atoms with E-state index in [-0.39, 0.29) is 18.6 Å². The van der Waals surface area contributed by atoms with Crippen molar-refractivity contribution < 1.29 is 9.53 Å². The normalized spacial score (nSPS) is 15.1. The second-order valence-corrected chi connectivity index (χ2v) is 4.98. The number of rotatable bonds is 5. The van der Waals surface area contributed by atoms with Crippen molar-refractivity contribution >= 4 is 11.6 Å². The van der Waals surface area contributed by atoms with Gasteiger partial charge in [0.1, 0.15) is 5.75 Å². The molecule has 0 saturated heterocycles. The zero-order valence-corrected chi connectivity index (χ0v) is 11.7. The van der Waals surface area contributed by atoms with Gasteiger partial charge in [0.15, 0.2) is 6.61 Å². The molecule has 4 heteroatoms. The van der Waals surface area contributed by atoms with Gasteiger partial charge < -0.3 is 15.4 Å². The molecular weight excluding hydrogens is 240 g/mol. The van der Waals surface area contributed by atoms with Crippen molar-refractivity contribution in [3.05, 3.63) is 23.8 Å². The van der Waals surface area contributed by atoms with E-state index < -0.39 is 0 Å². The van der Waals surface area contributed by atoms with Gasteiger partial charge in [-0.3, -0.25) is 4.79 Å². The quantitative estimate of drug-likeness (QED) is 0.856. The second kappa shape index (κ2) is 6.45. The molecule has 1 aromatic rings. The van der Waals surface area contributed by atoms with Gasteiger partial charge in [-0.15, -0.1) is 0 Å². The Balaban J connectivity index is 1.94. The molecule has 1 aliphatic rings. The number of anilines is 1. The van der Waals surface area contributed by atoms with Gasteiger partial charge in [-0.25, -0.2) is 0 Å². The molecule has 0 fully saturated rings. The van der Waals surface area contributed by atoms with Gasteiger partial charge in [-0.1, -0.05) is 13.0 Å². The van der Waals surface area contributed by atoms with Crippen molar-refractivity contribution in [2.24, 2.45) is 0 Å². The Bertz CT molecular complexity index is 446. The molecule has 4 nitrogen and oxygen atoms in total. The number of ether oxygens (including phenoxy) is 1. The molecule has 0 spiro atoms. The van der Waals surface area contributed by atoms with Crippen LogP contribution in [-0.4, -0.2) is 25.1 Å². The van der Waals surface area contributed by atoms with Crippen molar-refractivity contribution in [2.75, 3.05) is 18.5 Å². The molecule has 2 N–H and O–H groups in total. The SMILES string of the molecule is CCC(C)NC(=O)COc1cccc2c1CCCN2. The maximum Gasteiger partial charge on any atom is 0.258 e. The number of carbonyl (C=O) groups excluding carboxylic acids is 1. The third-order valence-electron chi connectivity index (χ3n) is 3.43. The standard InChI is InChI=1S/C15H22N2O2/c1-3-11(2)17-15(18)10-19-14-8-4-7-13-12(14)6-5-9-16-13/h4,7-8,11,16H,3,5-6,9-10H2,1-2H3,(H,17,18). The van der Waals surface area contributed by atoms with Gasteiger partial charge in [0, 0.05) is 23.8 Å². The highest BCUT2D eigenvalue weighted by Crippen LogP contribution is 2.30. The van der Waals surface area contributed by atoms with Crippen molar-refractivity contribution in [3.8, 4) is 5.75 Å². The molecule has 1 heterocycles. The molecule has 0 aliphatic carbocycles. The Hall–Kier alpha value is -1.71. The van der Waals surface area contributed by atoms with Crippen LogP contribution < -0.4 is 15.4 Å². The van der Waals surface area contributed by atoms with Gasteiger partial charge in [0.2, 0.25) is 0 Å². The van der Waals surface area contributed by atoms with Crippen LogP contribution in [0.5, 0.6) is 5.75 Å². The number of fused-ring (bicyclic) bond motifs is 1. The van der Waals surface area contributed by atoms with E-state index in [1.165, 1.54) is 5.56 Å². The predicted molar refractivity (Wildman–Crippen MR) is 76.6 cm³/mol. The molecule has 104 valence electrons. The highest BCUT2D eigenvalue weighted by Gasteiger charge is 2.14. The summed E-state index contributed by atoms with van der Waals surface area (Å²) in [6.45, 7) is 5.13. The Morgan fingerprint density at radius 1 is 1.53 bits per heavy atom. The third-order valence-corrected chi connectivity index (χ3v) is 3.43. The van der Waals surface area contributed by atoms with Gasteiger partial charge in [-0.05, 0) is 38.3 Å². The number of carbonyl (C=O) groups is 1. The van der Waals surface area contributed by atoms with Gasteiger partial charge in [0.05, 0.1) is 0 Å². The fourth-order valence-corrected chi connectivity index (χ4v) is 2.17. The lowest BCUT2D eigenvalue weighted by molar-refractivity contribution is -0.123. The molecule has 19 heavy (non-hydrogen) atoms. The van der Waals surface area contributed by atoms with E-state index in [2.05, 4.69) is 16.7 Å². The Labute approximate surface area is 114 Å². The Morgan fingerprint density at radius 2 is 2.37 bits per heavy atom. The largest absolute Gasteiger partial charge is 0.483 e. The van der Waals surface area contributed by atoms with Gasteiger partial charge in [-0.2, -0.15) is 0 Å². The molecule has 0 bridgehead atoms. The van der Waals surface area contributed by atoms with E-state index in [0.29, 0.717) is 0 Å². The number of hydrogen-bond acceptors (Lipinski definition) is 3. The topological polar surface area (TPSA) is 50.4 Å². The van der Waals surface area contributed by atoms with Gasteiger partial charge in [0.25, 0.3) is 5.91 Å². The van der Waals surface area contributed by atoms with Crippen LogP contribution in [0.3, 0.4) is 0 Å². The zero-order valence-electron chi connectivity index (χ0n) is 11.7. The van der Waals surface area contributed by atoms with Crippen LogP contribution in [0.15, 0.2) is 18.2 Å². The molecule has 1 aliphatic heterocycles. The average Bonchev–Trinajstić information content (AvgIpc) is 2.44. The summed E-state index contributed by atoms with van der Waals surface area (Å²) in [5, 5.41) is 6.25. The predicted octanol–water partition coefficient (Wildman–Crippen LogP) is 2.34. The maximum absolute atomic E-state index is 11.7. The molecule has 1 aromatic carbocycles. The molecule has 1 amide bonds. The number of benzene rings is 1. The van der Waals surface area contributed by atoms with Crippen molar-refractivity contribution in [3.63, 3.8) is 0 Å². The second-order valence-electron chi connectivity index (χ2n) is 4.98. The third kappa shape index (κ3) is 3.63. The number of amides is 1. The van der Waals surface area contributed by atoms with E-state index in [9.17, 15) is 4.79 Å². The first-order valence-electron chi connectivity index (χ1n) is 6.98. The van der Waals surface area contributed by atoms with E-state index in [0.717, 1.165) is 37.2 Å². The summed E-state index contributed by atoms with van der Waals surface area (Å²) in [7, 11) is 0. The summed E-state index contributed by atoms with van der Waals surface area (Å²) in [5.74, 6) is 0.764. The number of hydrogen-bond donors (Lipinski definition) is 2. The number of nitrogens with one attached hydrogen (secondary N) is 2. The van der Waals surface area contributed by atoms with Crippen molar-refractivity contribution in [1.29, 1.82) is 0 Å². The van der Waals surface area contributed by atoms with E-state index >= 15 is 0 Å². The highest BCUT2D eigenvalue weighted by molar-refractivity contribution is 5.78. The fourth-order valence-electron chi connectivity index (χ4n) is 2.17. The first-order chi connectivity index (χ1) is 9.20. The maximum atomic E-state index is 11.7. The first-order valence-corrected chi connectivity index (χ1v) is 6.98. The lowest BCUT2D eigenvalue weighted by atomic mass is 10.0. The van der Waals surface area contributed by atoms with Gasteiger partial charge >= 0.3 is 0 Å². The smallest absolute Gasteiger partial charge is 0.258 e. The fraction of sp³-hybridized carbons (Fsp3) is 0.533. The van der Waals surface area contributed by atoms with Crippen molar-refractivity contribution in [2.45, 2.75) is 39.2 Å². The summed E-state index contributed by atoms with van der Waals surface area (Å²) in [5.41, 5.74) is 2.32. The zero-order chi connectivity index (χ0) is 13.7. The minimum absolute atomic E-state index is 0.0595. The molecule has 0 saturated carbocycles.